The van der Waals surface area contributed by atoms with E-state index in [-0.39, 0.29) is 17.6 Å². The second-order valence-electron chi connectivity index (χ2n) is 9.67. The van der Waals surface area contributed by atoms with Crippen molar-refractivity contribution in [3.8, 4) is 22.6 Å². The first-order valence-electron chi connectivity index (χ1n) is 11.1. The number of halogens is 1. The molecule has 0 bridgehead atoms. The van der Waals surface area contributed by atoms with Crippen LogP contribution in [0.2, 0.25) is 5.02 Å². The number of thiophene rings is 1. The SMILES string of the molecule is COc1cc(-c2c(Cl)c(C(N)C(C)(C)C)nc3sc4c(c23)CCNC4)ccc1OC(C)C. The van der Waals surface area contributed by atoms with Gasteiger partial charge in [0.15, 0.2) is 11.5 Å². The summed E-state index contributed by atoms with van der Waals surface area (Å²) in [5, 5.41) is 5.23. The van der Waals surface area contributed by atoms with Crippen LogP contribution in [0.3, 0.4) is 0 Å². The Labute approximate surface area is 199 Å². The van der Waals surface area contributed by atoms with E-state index in [9.17, 15) is 0 Å². The van der Waals surface area contributed by atoms with E-state index in [0.29, 0.717) is 10.8 Å². The van der Waals surface area contributed by atoms with Crippen LogP contribution in [0.4, 0.5) is 0 Å². The number of rotatable bonds is 5. The summed E-state index contributed by atoms with van der Waals surface area (Å²) in [6.45, 7) is 12.2. The van der Waals surface area contributed by atoms with Gasteiger partial charge >= 0.3 is 0 Å². The van der Waals surface area contributed by atoms with E-state index in [0.717, 1.165) is 52.3 Å². The molecule has 2 aromatic heterocycles. The number of ether oxygens (including phenoxy) is 2. The first-order valence-corrected chi connectivity index (χ1v) is 12.3. The minimum absolute atomic E-state index is 0.0544. The normalized spacial score (nSPS) is 15.2. The maximum Gasteiger partial charge on any atom is 0.161 e. The molecule has 1 atom stereocenters. The number of nitrogens with zero attached hydrogens (tertiary/aromatic N) is 1. The van der Waals surface area contributed by atoms with Crippen molar-refractivity contribution in [3.05, 3.63) is 39.4 Å². The lowest BCUT2D eigenvalue weighted by Gasteiger charge is -2.28. The van der Waals surface area contributed by atoms with Gasteiger partial charge in [0.05, 0.1) is 30.0 Å². The van der Waals surface area contributed by atoms with Gasteiger partial charge in [-0.1, -0.05) is 38.4 Å². The van der Waals surface area contributed by atoms with Gasteiger partial charge in [0.25, 0.3) is 0 Å². The second-order valence-corrected chi connectivity index (χ2v) is 11.1. The molecule has 7 heteroatoms. The molecule has 3 heterocycles. The Morgan fingerprint density at radius 1 is 1.22 bits per heavy atom. The van der Waals surface area contributed by atoms with Crippen molar-refractivity contribution in [2.24, 2.45) is 11.1 Å². The third kappa shape index (κ3) is 4.21. The molecule has 1 aliphatic rings. The zero-order valence-electron chi connectivity index (χ0n) is 19.6. The van der Waals surface area contributed by atoms with Gasteiger partial charge in [-0.3, -0.25) is 0 Å². The van der Waals surface area contributed by atoms with Crippen molar-refractivity contribution in [3.63, 3.8) is 0 Å². The average molecular weight is 474 g/mol. The number of fused-ring (bicyclic) bond motifs is 3. The number of methoxy groups -OCH3 is 1. The van der Waals surface area contributed by atoms with E-state index >= 15 is 0 Å². The van der Waals surface area contributed by atoms with E-state index in [1.54, 1.807) is 18.4 Å². The van der Waals surface area contributed by atoms with Crippen LogP contribution in [0.15, 0.2) is 18.2 Å². The molecule has 0 radical (unpaired) electrons. The largest absolute Gasteiger partial charge is 0.493 e. The molecule has 0 saturated heterocycles. The van der Waals surface area contributed by atoms with E-state index in [4.69, 9.17) is 31.8 Å². The van der Waals surface area contributed by atoms with E-state index in [1.165, 1.54) is 10.4 Å². The molecule has 172 valence electrons. The van der Waals surface area contributed by atoms with Gasteiger partial charge in [-0.15, -0.1) is 11.3 Å². The number of nitrogens with one attached hydrogen (secondary N) is 1. The molecule has 1 aliphatic heterocycles. The third-order valence-electron chi connectivity index (χ3n) is 5.87. The molecule has 1 unspecified atom stereocenters. The monoisotopic (exact) mass is 473 g/mol. The molecule has 4 rings (SSSR count). The van der Waals surface area contributed by atoms with Crippen LogP contribution in [-0.2, 0) is 13.0 Å². The summed E-state index contributed by atoms with van der Waals surface area (Å²) < 4.78 is 11.6. The molecule has 3 N–H and O–H groups in total. The standard InChI is InChI=1S/C25H32ClN3O2S/c1-13(2)31-16-8-7-14(11-17(16)30-6)19-20-15-9-10-28-12-18(15)32-24(20)29-22(21(19)26)23(27)25(3,4)5/h7-8,11,13,23,28H,9-10,12,27H2,1-6H3. The summed E-state index contributed by atoms with van der Waals surface area (Å²) in [6.07, 6.45) is 1.01. The van der Waals surface area contributed by atoms with Gasteiger partial charge < -0.3 is 20.5 Å². The lowest BCUT2D eigenvalue weighted by Crippen LogP contribution is -2.27. The second kappa shape index (κ2) is 8.82. The fourth-order valence-electron chi connectivity index (χ4n) is 4.11. The topological polar surface area (TPSA) is 69.4 Å². The Hall–Kier alpha value is -1.86. The predicted molar refractivity (Wildman–Crippen MR) is 134 cm³/mol. The smallest absolute Gasteiger partial charge is 0.161 e. The van der Waals surface area contributed by atoms with Crippen molar-refractivity contribution in [1.29, 1.82) is 0 Å². The van der Waals surface area contributed by atoms with Gasteiger partial charge in [0.2, 0.25) is 0 Å². The summed E-state index contributed by atoms with van der Waals surface area (Å²) in [5.74, 6) is 1.40. The Balaban J connectivity index is 2.00. The number of hydrogen-bond acceptors (Lipinski definition) is 6. The third-order valence-corrected chi connectivity index (χ3v) is 7.38. The average Bonchev–Trinajstić information content (AvgIpc) is 3.10. The molecule has 0 amide bonds. The van der Waals surface area contributed by atoms with Crippen LogP contribution in [0.25, 0.3) is 21.3 Å². The van der Waals surface area contributed by atoms with Gasteiger partial charge in [-0.05, 0) is 55.5 Å². The highest BCUT2D eigenvalue weighted by Crippen LogP contribution is 2.47. The van der Waals surface area contributed by atoms with Gasteiger partial charge in [-0.2, -0.15) is 0 Å². The van der Waals surface area contributed by atoms with Gasteiger partial charge in [0, 0.05) is 22.4 Å². The van der Waals surface area contributed by atoms with Crippen LogP contribution in [0, 0.1) is 5.41 Å². The molecule has 1 aromatic carbocycles. The molecule has 0 spiro atoms. The Kier molecular flexibility index (Phi) is 6.43. The summed E-state index contributed by atoms with van der Waals surface area (Å²) >= 11 is 8.85. The minimum atomic E-state index is -0.291. The van der Waals surface area contributed by atoms with Gasteiger partial charge in [-0.25, -0.2) is 4.98 Å². The maximum absolute atomic E-state index is 7.12. The summed E-state index contributed by atoms with van der Waals surface area (Å²) in [4.78, 5) is 7.33. The lowest BCUT2D eigenvalue weighted by molar-refractivity contribution is 0.230. The van der Waals surface area contributed by atoms with Crippen molar-refractivity contribution < 1.29 is 9.47 Å². The molecule has 0 aliphatic carbocycles. The fraction of sp³-hybridized carbons (Fsp3) is 0.480. The van der Waals surface area contributed by atoms with Crippen LogP contribution in [0.1, 0.15) is 56.8 Å². The Bertz CT molecular complexity index is 1150. The zero-order valence-corrected chi connectivity index (χ0v) is 21.2. The minimum Gasteiger partial charge on any atom is -0.493 e. The van der Waals surface area contributed by atoms with Gasteiger partial charge in [0.1, 0.15) is 4.83 Å². The Morgan fingerprint density at radius 2 is 1.97 bits per heavy atom. The molecule has 0 fully saturated rings. The van der Waals surface area contributed by atoms with Crippen molar-refractivity contribution in [2.45, 2.75) is 59.7 Å². The highest BCUT2D eigenvalue weighted by atomic mass is 35.5. The molecule has 0 saturated carbocycles. The van der Waals surface area contributed by atoms with E-state index in [2.05, 4.69) is 32.2 Å². The summed E-state index contributed by atoms with van der Waals surface area (Å²) in [7, 11) is 1.66. The van der Waals surface area contributed by atoms with E-state index in [1.807, 2.05) is 26.0 Å². The lowest BCUT2D eigenvalue weighted by atomic mass is 9.84. The fourth-order valence-corrected chi connectivity index (χ4v) is 5.68. The highest BCUT2D eigenvalue weighted by molar-refractivity contribution is 7.19. The number of nitrogens with two attached hydrogens (primary N) is 1. The molecular formula is C25H32ClN3O2S. The predicted octanol–water partition coefficient (Wildman–Crippen LogP) is 6.10. The maximum atomic E-state index is 7.12. The van der Waals surface area contributed by atoms with Crippen LogP contribution >= 0.6 is 22.9 Å². The van der Waals surface area contributed by atoms with E-state index < -0.39 is 0 Å². The zero-order chi connectivity index (χ0) is 23.2. The summed E-state index contributed by atoms with van der Waals surface area (Å²) in [5.41, 5.74) is 10.5. The highest BCUT2D eigenvalue weighted by Gasteiger charge is 2.30. The number of aromatic nitrogens is 1. The molecule has 5 nitrogen and oxygen atoms in total. The number of pyridine rings is 1. The van der Waals surface area contributed by atoms with Crippen molar-refractivity contribution in [1.82, 2.24) is 10.3 Å². The Morgan fingerprint density at radius 3 is 2.62 bits per heavy atom. The van der Waals surface area contributed by atoms with Crippen molar-refractivity contribution >= 4 is 33.2 Å². The first kappa shape index (κ1) is 23.3. The quantitative estimate of drug-likeness (QED) is 0.468. The van der Waals surface area contributed by atoms with Crippen LogP contribution in [-0.4, -0.2) is 24.7 Å². The van der Waals surface area contributed by atoms with Crippen LogP contribution in [0.5, 0.6) is 11.5 Å². The molecular weight excluding hydrogens is 442 g/mol. The van der Waals surface area contributed by atoms with Crippen LogP contribution < -0.4 is 20.5 Å². The molecule has 32 heavy (non-hydrogen) atoms. The number of benzene rings is 1. The summed E-state index contributed by atoms with van der Waals surface area (Å²) in [6, 6.07) is 5.73. The van der Waals surface area contributed by atoms with Crippen molar-refractivity contribution in [2.75, 3.05) is 13.7 Å². The molecule has 3 aromatic rings. The number of hydrogen-bond donors (Lipinski definition) is 2. The first-order chi connectivity index (χ1) is 15.1.